The lowest BCUT2D eigenvalue weighted by Gasteiger charge is -2.27. The van der Waals surface area contributed by atoms with Crippen molar-refractivity contribution in [3.05, 3.63) is 53.6 Å². The molecule has 1 amide bonds. The Bertz CT molecular complexity index is 670. The summed E-state index contributed by atoms with van der Waals surface area (Å²) in [5.41, 5.74) is 2.77. The van der Waals surface area contributed by atoms with Gasteiger partial charge in [0.05, 0.1) is 12.3 Å². The predicted molar refractivity (Wildman–Crippen MR) is 87.3 cm³/mol. The Balaban J connectivity index is 1.64. The monoisotopic (exact) mass is 311 g/mol. The number of hydrogen-bond donors (Lipinski definition) is 0. The lowest BCUT2D eigenvalue weighted by molar-refractivity contribution is 0.0733. The van der Waals surface area contributed by atoms with Crippen molar-refractivity contribution >= 4 is 5.91 Å². The number of aromatic nitrogens is 2. The summed E-state index contributed by atoms with van der Waals surface area (Å²) in [4.78, 5) is 22.8. The topological polar surface area (TPSA) is 55.3 Å². The maximum atomic E-state index is 12.6. The van der Waals surface area contributed by atoms with Gasteiger partial charge in [0.2, 0.25) is 0 Å². The number of nitrogens with zero attached hydrogens (tertiary/aromatic N) is 3. The highest BCUT2D eigenvalue weighted by atomic mass is 16.5. The molecule has 0 saturated carbocycles. The van der Waals surface area contributed by atoms with Gasteiger partial charge in [-0.25, -0.2) is 9.97 Å². The van der Waals surface area contributed by atoms with Gasteiger partial charge in [-0.15, -0.1) is 0 Å². The van der Waals surface area contributed by atoms with Crippen LogP contribution < -0.4 is 4.74 Å². The van der Waals surface area contributed by atoms with Crippen molar-refractivity contribution < 1.29 is 9.53 Å². The molecule has 1 aromatic carbocycles. The van der Waals surface area contributed by atoms with Gasteiger partial charge in [-0.3, -0.25) is 4.79 Å². The molecule has 0 aliphatic carbocycles. The second kappa shape index (κ2) is 7.22. The van der Waals surface area contributed by atoms with E-state index in [0.717, 1.165) is 36.3 Å². The number of rotatable bonds is 5. The zero-order valence-corrected chi connectivity index (χ0v) is 13.4. The molecule has 0 saturated heterocycles. The molecular weight excluding hydrogens is 290 g/mol. The minimum Gasteiger partial charge on any atom is -0.494 e. The number of carbonyl (C=O) groups is 1. The van der Waals surface area contributed by atoms with E-state index in [9.17, 15) is 4.79 Å². The van der Waals surface area contributed by atoms with Crippen LogP contribution in [0.4, 0.5) is 0 Å². The van der Waals surface area contributed by atoms with E-state index in [1.54, 1.807) is 12.5 Å². The Kier molecular flexibility index (Phi) is 4.86. The average Bonchev–Trinajstić information content (AvgIpc) is 2.61. The van der Waals surface area contributed by atoms with Gasteiger partial charge in [0.15, 0.2) is 0 Å². The predicted octanol–water partition coefficient (Wildman–Crippen LogP) is 2.85. The van der Waals surface area contributed by atoms with Crippen LogP contribution in [0.1, 0.15) is 41.4 Å². The average molecular weight is 311 g/mol. The molecule has 1 aromatic heterocycles. The van der Waals surface area contributed by atoms with E-state index < -0.39 is 0 Å². The molecule has 0 radical (unpaired) electrons. The lowest BCUT2D eigenvalue weighted by Crippen LogP contribution is -2.36. The van der Waals surface area contributed by atoms with E-state index in [1.807, 2.05) is 29.2 Å². The Labute approximate surface area is 136 Å². The SMILES string of the molecule is CCCCOc1ccc(C(=O)N2CCc3ncncc3C2)cc1. The van der Waals surface area contributed by atoms with E-state index in [4.69, 9.17) is 4.74 Å². The summed E-state index contributed by atoms with van der Waals surface area (Å²) in [6.45, 7) is 4.11. The molecule has 1 aliphatic rings. The summed E-state index contributed by atoms with van der Waals surface area (Å²) >= 11 is 0. The lowest BCUT2D eigenvalue weighted by atomic mass is 10.1. The molecule has 5 heteroatoms. The van der Waals surface area contributed by atoms with Gasteiger partial charge >= 0.3 is 0 Å². The van der Waals surface area contributed by atoms with Crippen molar-refractivity contribution in [1.29, 1.82) is 0 Å². The van der Waals surface area contributed by atoms with Crippen LogP contribution in [-0.2, 0) is 13.0 Å². The van der Waals surface area contributed by atoms with Crippen molar-refractivity contribution in [2.45, 2.75) is 32.7 Å². The molecule has 3 rings (SSSR count). The van der Waals surface area contributed by atoms with Crippen LogP contribution in [0.3, 0.4) is 0 Å². The summed E-state index contributed by atoms with van der Waals surface area (Å²) in [7, 11) is 0. The summed E-state index contributed by atoms with van der Waals surface area (Å²) in [6.07, 6.45) is 6.29. The first-order chi connectivity index (χ1) is 11.3. The molecular formula is C18H21N3O2. The van der Waals surface area contributed by atoms with E-state index >= 15 is 0 Å². The molecule has 23 heavy (non-hydrogen) atoms. The van der Waals surface area contributed by atoms with E-state index in [-0.39, 0.29) is 5.91 Å². The molecule has 0 N–H and O–H groups in total. The first-order valence-electron chi connectivity index (χ1n) is 8.08. The number of hydrogen-bond acceptors (Lipinski definition) is 4. The fourth-order valence-corrected chi connectivity index (χ4v) is 2.65. The molecule has 120 valence electrons. The summed E-state index contributed by atoms with van der Waals surface area (Å²) in [6, 6.07) is 7.40. The summed E-state index contributed by atoms with van der Waals surface area (Å²) in [5, 5.41) is 0. The van der Waals surface area contributed by atoms with Crippen molar-refractivity contribution in [2.75, 3.05) is 13.2 Å². The Morgan fingerprint density at radius 2 is 2.13 bits per heavy atom. The molecule has 2 aromatic rings. The highest BCUT2D eigenvalue weighted by molar-refractivity contribution is 5.94. The largest absolute Gasteiger partial charge is 0.494 e. The van der Waals surface area contributed by atoms with Gasteiger partial charge in [0, 0.05) is 36.8 Å². The third-order valence-electron chi connectivity index (χ3n) is 4.02. The summed E-state index contributed by atoms with van der Waals surface area (Å²) in [5.74, 6) is 0.854. The fraction of sp³-hybridized carbons (Fsp3) is 0.389. The molecule has 1 aliphatic heterocycles. The molecule has 2 heterocycles. The van der Waals surface area contributed by atoms with E-state index in [1.165, 1.54) is 0 Å². The van der Waals surface area contributed by atoms with Crippen LogP contribution in [0.25, 0.3) is 0 Å². The van der Waals surface area contributed by atoms with Gasteiger partial charge in [0.1, 0.15) is 12.1 Å². The van der Waals surface area contributed by atoms with Crippen LogP contribution >= 0.6 is 0 Å². The summed E-state index contributed by atoms with van der Waals surface area (Å²) < 4.78 is 5.63. The number of benzene rings is 1. The third kappa shape index (κ3) is 3.67. The van der Waals surface area contributed by atoms with Gasteiger partial charge in [0.25, 0.3) is 5.91 Å². The minimum atomic E-state index is 0.0413. The zero-order valence-electron chi connectivity index (χ0n) is 13.4. The molecule has 0 atom stereocenters. The number of carbonyl (C=O) groups excluding carboxylic acids is 1. The van der Waals surface area contributed by atoms with Gasteiger partial charge in [-0.05, 0) is 30.7 Å². The molecule has 0 unspecified atom stereocenters. The number of ether oxygens (including phenoxy) is 1. The Hall–Kier alpha value is -2.43. The Morgan fingerprint density at radius 1 is 1.30 bits per heavy atom. The third-order valence-corrected chi connectivity index (χ3v) is 4.02. The van der Waals surface area contributed by atoms with Gasteiger partial charge < -0.3 is 9.64 Å². The van der Waals surface area contributed by atoms with Crippen LogP contribution in [0, 0.1) is 0 Å². The molecule has 0 spiro atoms. The second-order valence-electron chi connectivity index (χ2n) is 5.70. The zero-order chi connectivity index (χ0) is 16.1. The molecule has 5 nitrogen and oxygen atoms in total. The molecule has 0 fully saturated rings. The maximum absolute atomic E-state index is 12.6. The van der Waals surface area contributed by atoms with Crippen LogP contribution in [0.15, 0.2) is 36.8 Å². The van der Waals surface area contributed by atoms with Crippen molar-refractivity contribution in [2.24, 2.45) is 0 Å². The van der Waals surface area contributed by atoms with Gasteiger partial charge in [-0.2, -0.15) is 0 Å². The van der Waals surface area contributed by atoms with E-state index in [2.05, 4.69) is 16.9 Å². The smallest absolute Gasteiger partial charge is 0.254 e. The van der Waals surface area contributed by atoms with Crippen molar-refractivity contribution in [3.63, 3.8) is 0 Å². The first kappa shape index (κ1) is 15.5. The maximum Gasteiger partial charge on any atom is 0.254 e. The van der Waals surface area contributed by atoms with E-state index in [0.29, 0.717) is 25.3 Å². The number of fused-ring (bicyclic) bond motifs is 1. The normalized spacial score (nSPS) is 13.5. The Morgan fingerprint density at radius 3 is 2.91 bits per heavy atom. The van der Waals surface area contributed by atoms with Crippen molar-refractivity contribution in [3.8, 4) is 5.75 Å². The van der Waals surface area contributed by atoms with Crippen LogP contribution in [0.5, 0.6) is 5.75 Å². The second-order valence-corrected chi connectivity index (χ2v) is 5.70. The standard InChI is InChI=1S/C18H21N3O2/c1-2-3-10-23-16-6-4-14(5-7-16)18(22)21-9-8-17-15(12-21)11-19-13-20-17/h4-7,11,13H,2-3,8-10,12H2,1H3. The fourth-order valence-electron chi connectivity index (χ4n) is 2.65. The molecule has 0 bridgehead atoms. The quantitative estimate of drug-likeness (QED) is 0.797. The first-order valence-corrected chi connectivity index (χ1v) is 8.08. The number of amides is 1. The van der Waals surface area contributed by atoms with Crippen molar-refractivity contribution in [1.82, 2.24) is 14.9 Å². The highest BCUT2D eigenvalue weighted by Crippen LogP contribution is 2.19. The minimum absolute atomic E-state index is 0.0413. The van der Waals surface area contributed by atoms with Gasteiger partial charge in [-0.1, -0.05) is 13.3 Å². The van der Waals surface area contributed by atoms with Crippen LogP contribution in [0.2, 0.25) is 0 Å². The number of unbranched alkanes of at least 4 members (excludes halogenated alkanes) is 1. The highest BCUT2D eigenvalue weighted by Gasteiger charge is 2.22. The van der Waals surface area contributed by atoms with Crippen LogP contribution in [-0.4, -0.2) is 33.9 Å².